The van der Waals surface area contributed by atoms with Gasteiger partial charge in [0.2, 0.25) is 5.91 Å². The normalized spacial score (nSPS) is 13.7. The number of thiazole rings is 2. The van der Waals surface area contributed by atoms with Crippen LogP contribution in [0.4, 0.5) is 10.3 Å². The highest BCUT2D eigenvalue weighted by Crippen LogP contribution is 2.29. The van der Waals surface area contributed by atoms with Gasteiger partial charge in [0.15, 0.2) is 10.3 Å². The quantitative estimate of drug-likeness (QED) is 0.483. The highest BCUT2D eigenvalue weighted by molar-refractivity contribution is 7.22. The number of nitrogens with zero attached hydrogens (tertiary/aromatic N) is 4. The lowest BCUT2D eigenvalue weighted by Gasteiger charge is -2.24. The van der Waals surface area contributed by atoms with Gasteiger partial charge in [-0.05, 0) is 24.3 Å². The van der Waals surface area contributed by atoms with E-state index in [1.54, 1.807) is 24.4 Å². The average Bonchev–Trinajstić information content (AvgIpc) is 3.36. The highest BCUT2D eigenvalue weighted by Gasteiger charge is 2.23. The Morgan fingerprint density at radius 3 is 2.68 bits per heavy atom. The maximum atomic E-state index is 12.5. The smallest absolute Gasteiger partial charge is 0.276 e. The molecule has 31 heavy (non-hydrogen) atoms. The summed E-state index contributed by atoms with van der Waals surface area (Å²) in [7, 11) is 0. The van der Waals surface area contributed by atoms with Crippen molar-refractivity contribution in [2.45, 2.75) is 13.0 Å². The highest BCUT2D eigenvalue weighted by atomic mass is 32.1. The van der Waals surface area contributed by atoms with Crippen molar-refractivity contribution in [3.8, 4) is 0 Å². The second-order valence-corrected chi connectivity index (χ2v) is 9.17. The first-order valence-electron chi connectivity index (χ1n) is 9.73. The molecule has 0 unspecified atom stereocenters. The Bertz CT molecular complexity index is 1220. The summed E-state index contributed by atoms with van der Waals surface area (Å²) < 4.78 is 1.05. The van der Waals surface area contributed by atoms with E-state index in [1.165, 1.54) is 22.7 Å². The van der Waals surface area contributed by atoms with Crippen LogP contribution in [-0.4, -0.2) is 44.8 Å². The van der Waals surface area contributed by atoms with Crippen LogP contribution in [0, 0.1) is 0 Å². The molecule has 0 radical (unpaired) electrons. The van der Waals surface area contributed by atoms with E-state index in [0.29, 0.717) is 22.5 Å². The summed E-state index contributed by atoms with van der Waals surface area (Å²) in [4.78, 5) is 41.0. The fourth-order valence-corrected chi connectivity index (χ4v) is 5.31. The number of hydrogen-bond donors (Lipinski definition) is 2. The fraction of sp³-hybridized carbons (Fsp3) is 0.190. The van der Waals surface area contributed by atoms with Crippen LogP contribution in [0.1, 0.15) is 21.1 Å². The second kappa shape index (κ2) is 8.50. The van der Waals surface area contributed by atoms with Crippen LogP contribution >= 0.6 is 22.7 Å². The van der Waals surface area contributed by atoms with Crippen molar-refractivity contribution in [1.29, 1.82) is 0 Å². The molecule has 0 saturated carbocycles. The van der Waals surface area contributed by atoms with Crippen LogP contribution in [0.15, 0.2) is 48.7 Å². The number of benzene rings is 1. The Labute approximate surface area is 186 Å². The first-order chi connectivity index (χ1) is 15.1. The minimum atomic E-state index is -0.279. The van der Waals surface area contributed by atoms with Gasteiger partial charge in [0.1, 0.15) is 5.69 Å². The minimum Gasteiger partial charge on any atom is -0.301 e. The molecule has 10 heteroatoms. The maximum absolute atomic E-state index is 12.5. The van der Waals surface area contributed by atoms with Gasteiger partial charge in [-0.1, -0.05) is 29.5 Å². The molecule has 2 amide bonds. The molecule has 3 aromatic heterocycles. The zero-order valence-electron chi connectivity index (χ0n) is 16.4. The first-order valence-corrected chi connectivity index (χ1v) is 11.4. The van der Waals surface area contributed by atoms with E-state index in [2.05, 4.69) is 30.5 Å². The van der Waals surface area contributed by atoms with Gasteiger partial charge in [-0.3, -0.25) is 24.8 Å². The third kappa shape index (κ3) is 4.46. The average molecular weight is 451 g/mol. The lowest BCUT2D eigenvalue weighted by molar-refractivity contribution is -0.117. The summed E-state index contributed by atoms with van der Waals surface area (Å²) in [6.07, 6.45) is 2.32. The van der Waals surface area contributed by atoms with E-state index in [0.717, 1.165) is 33.8 Å². The van der Waals surface area contributed by atoms with E-state index in [1.807, 2.05) is 24.3 Å². The minimum absolute atomic E-state index is 0.0873. The number of pyridine rings is 1. The van der Waals surface area contributed by atoms with Crippen molar-refractivity contribution in [3.63, 3.8) is 0 Å². The number of amides is 2. The summed E-state index contributed by atoms with van der Waals surface area (Å²) in [6.45, 7) is 1.64. The Morgan fingerprint density at radius 1 is 1.00 bits per heavy atom. The van der Waals surface area contributed by atoms with E-state index in [4.69, 9.17) is 0 Å². The van der Waals surface area contributed by atoms with Gasteiger partial charge in [-0.25, -0.2) is 9.97 Å². The van der Waals surface area contributed by atoms with Crippen LogP contribution < -0.4 is 10.6 Å². The third-order valence-electron chi connectivity index (χ3n) is 4.84. The fourth-order valence-electron chi connectivity index (χ4n) is 3.38. The molecule has 5 rings (SSSR count). The summed E-state index contributed by atoms with van der Waals surface area (Å²) in [5.74, 6) is -0.366. The van der Waals surface area contributed by atoms with E-state index in [-0.39, 0.29) is 18.4 Å². The Balaban J connectivity index is 1.19. The molecule has 0 bridgehead atoms. The van der Waals surface area contributed by atoms with Crippen LogP contribution in [0.5, 0.6) is 0 Å². The number of carbonyl (C=O) groups is 2. The lowest BCUT2D eigenvalue weighted by atomic mass is 10.2. The van der Waals surface area contributed by atoms with Crippen LogP contribution in [0.2, 0.25) is 0 Å². The van der Waals surface area contributed by atoms with Gasteiger partial charge in [-0.2, -0.15) is 0 Å². The summed E-state index contributed by atoms with van der Waals surface area (Å²) >= 11 is 2.91. The molecular weight excluding hydrogens is 432 g/mol. The number of nitrogens with one attached hydrogen (secondary N) is 2. The van der Waals surface area contributed by atoms with Gasteiger partial charge in [0, 0.05) is 30.6 Å². The zero-order valence-corrected chi connectivity index (χ0v) is 18.0. The van der Waals surface area contributed by atoms with E-state index >= 15 is 0 Å². The summed E-state index contributed by atoms with van der Waals surface area (Å²) in [6, 6.07) is 13.0. The standard InChI is InChI=1S/C21H18N6O2S2/c28-18(25-20-23-13-5-1-2-7-16(13)30-20)12-27-10-8-14-17(11-27)31-21(24-14)26-19(29)15-6-3-4-9-22-15/h1-7,9H,8,10-12H2,(H,23,25,28)(H,24,26,29). The largest absolute Gasteiger partial charge is 0.301 e. The molecular formula is C21H18N6O2S2. The lowest BCUT2D eigenvalue weighted by Crippen LogP contribution is -2.36. The second-order valence-electron chi connectivity index (χ2n) is 7.05. The van der Waals surface area contributed by atoms with Gasteiger partial charge >= 0.3 is 0 Å². The van der Waals surface area contributed by atoms with Gasteiger partial charge in [0.25, 0.3) is 5.91 Å². The molecule has 4 aromatic rings. The zero-order chi connectivity index (χ0) is 21.2. The predicted molar refractivity (Wildman–Crippen MR) is 122 cm³/mol. The molecule has 1 aliphatic heterocycles. The van der Waals surface area contributed by atoms with E-state index < -0.39 is 0 Å². The Kier molecular flexibility index (Phi) is 5.41. The van der Waals surface area contributed by atoms with Crippen molar-refractivity contribution in [2.24, 2.45) is 0 Å². The maximum Gasteiger partial charge on any atom is 0.276 e. The molecule has 1 aliphatic rings. The molecule has 0 saturated heterocycles. The van der Waals surface area contributed by atoms with Crippen LogP contribution in [0.25, 0.3) is 10.2 Å². The molecule has 0 aliphatic carbocycles. The molecule has 156 valence electrons. The number of fused-ring (bicyclic) bond motifs is 2. The number of carbonyl (C=O) groups excluding carboxylic acids is 2. The van der Waals surface area contributed by atoms with Crippen molar-refractivity contribution < 1.29 is 9.59 Å². The number of rotatable bonds is 5. The number of para-hydroxylation sites is 1. The Hall–Kier alpha value is -3.21. The molecule has 0 fully saturated rings. The summed E-state index contributed by atoms with van der Waals surface area (Å²) in [5.41, 5.74) is 2.21. The number of hydrogen-bond acceptors (Lipinski definition) is 8. The van der Waals surface area contributed by atoms with Crippen molar-refractivity contribution >= 4 is 55.0 Å². The monoisotopic (exact) mass is 450 g/mol. The molecule has 4 heterocycles. The van der Waals surface area contributed by atoms with Crippen LogP contribution in [-0.2, 0) is 17.8 Å². The van der Waals surface area contributed by atoms with E-state index in [9.17, 15) is 9.59 Å². The van der Waals surface area contributed by atoms with Crippen LogP contribution in [0.3, 0.4) is 0 Å². The molecule has 0 atom stereocenters. The number of anilines is 2. The van der Waals surface area contributed by atoms with Crippen molar-refractivity contribution in [1.82, 2.24) is 19.9 Å². The first kappa shape index (κ1) is 19.7. The van der Waals surface area contributed by atoms with Gasteiger partial charge < -0.3 is 5.32 Å². The predicted octanol–water partition coefficient (Wildman–Crippen LogP) is 3.40. The molecule has 8 nitrogen and oxygen atoms in total. The molecule has 2 N–H and O–H groups in total. The van der Waals surface area contributed by atoms with Crippen molar-refractivity contribution in [3.05, 3.63) is 64.9 Å². The summed E-state index contributed by atoms with van der Waals surface area (Å²) in [5, 5.41) is 6.89. The number of aromatic nitrogens is 3. The molecule has 0 spiro atoms. The third-order valence-corrected chi connectivity index (χ3v) is 6.79. The van der Waals surface area contributed by atoms with Gasteiger partial charge in [-0.15, -0.1) is 11.3 Å². The topological polar surface area (TPSA) is 100 Å². The van der Waals surface area contributed by atoms with Gasteiger partial charge in [0.05, 0.1) is 22.5 Å². The SMILES string of the molecule is O=C(CN1CCc2nc(NC(=O)c3ccccn3)sc2C1)Nc1nc2ccccc2s1. The Morgan fingerprint density at radius 2 is 1.84 bits per heavy atom. The van der Waals surface area contributed by atoms with Crippen molar-refractivity contribution in [2.75, 3.05) is 23.7 Å². The molecule has 1 aromatic carbocycles.